The maximum Gasteiger partial charge on any atom is 0.407 e. The molecular formula is C27H28FN7O4. The molecule has 1 amide bonds. The summed E-state index contributed by atoms with van der Waals surface area (Å²) in [5.74, 6) is 0.0655. The first-order valence-electron chi connectivity index (χ1n) is 12.6. The number of amides is 1. The van der Waals surface area contributed by atoms with Crippen LogP contribution in [0.25, 0.3) is 44.5 Å². The standard InChI is InChI=1S/C27H28FN7O4/c1-33-13-18(25(32-33)38-3)22-20(14-5-7-15(28)8-6-14)21-23-19(12-29-24(21)31-22)34(2)27(37)35(23)17-10-9-16(11-17)30-26(36)39-4/h5-8,12-13,16-17H,9-11H2,1-4H3,(H,29,31)(H,30,36)/t16-,17-/m1/s1. The lowest BCUT2D eigenvalue weighted by Gasteiger charge is -2.15. The fourth-order valence-corrected chi connectivity index (χ4v) is 5.76. The van der Waals surface area contributed by atoms with E-state index < -0.39 is 6.09 Å². The topological polar surface area (TPSA) is 121 Å². The number of nitrogens with zero attached hydrogens (tertiary/aromatic N) is 5. The Balaban J connectivity index is 1.65. The molecule has 4 heterocycles. The summed E-state index contributed by atoms with van der Waals surface area (Å²) < 4.78 is 29.4. The molecule has 6 rings (SSSR count). The van der Waals surface area contributed by atoms with Gasteiger partial charge in [-0.15, -0.1) is 5.10 Å². The molecule has 0 aliphatic heterocycles. The zero-order chi connectivity index (χ0) is 27.4. The van der Waals surface area contributed by atoms with Gasteiger partial charge in [0, 0.05) is 37.9 Å². The molecule has 5 aromatic rings. The minimum atomic E-state index is -0.489. The second kappa shape index (κ2) is 9.29. The molecular weight excluding hydrogens is 505 g/mol. The van der Waals surface area contributed by atoms with Crippen LogP contribution in [0.1, 0.15) is 25.3 Å². The number of aryl methyl sites for hydroxylation is 2. The number of alkyl carbamates (subject to hydrolysis) is 1. The molecule has 0 unspecified atom stereocenters. The second-order valence-corrected chi connectivity index (χ2v) is 9.83. The van der Waals surface area contributed by atoms with E-state index in [0.717, 1.165) is 22.0 Å². The second-order valence-electron chi connectivity index (χ2n) is 9.83. The number of fused-ring (bicyclic) bond motifs is 3. The lowest BCUT2D eigenvalue weighted by atomic mass is 9.99. The van der Waals surface area contributed by atoms with Crippen LogP contribution < -0.4 is 15.7 Å². The van der Waals surface area contributed by atoms with Gasteiger partial charge in [-0.25, -0.2) is 19.0 Å². The van der Waals surface area contributed by atoms with Gasteiger partial charge >= 0.3 is 11.8 Å². The van der Waals surface area contributed by atoms with Crippen molar-refractivity contribution in [2.24, 2.45) is 14.1 Å². The summed E-state index contributed by atoms with van der Waals surface area (Å²) >= 11 is 0. The van der Waals surface area contributed by atoms with E-state index >= 15 is 0 Å². The number of nitrogens with one attached hydrogen (secondary N) is 2. The summed E-state index contributed by atoms with van der Waals surface area (Å²) in [4.78, 5) is 33.6. The zero-order valence-electron chi connectivity index (χ0n) is 22.0. The summed E-state index contributed by atoms with van der Waals surface area (Å²) in [7, 11) is 6.41. The molecule has 0 saturated heterocycles. The largest absolute Gasteiger partial charge is 0.479 e. The molecule has 1 aliphatic rings. The Morgan fingerprint density at radius 2 is 1.95 bits per heavy atom. The van der Waals surface area contributed by atoms with Crippen molar-refractivity contribution in [2.75, 3.05) is 14.2 Å². The Kier molecular flexibility index (Phi) is 5.89. The number of H-pyrrole nitrogens is 1. The first-order valence-corrected chi connectivity index (χ1v) is 12.6. The molecule has 1 aliphatic carbocycles. The summed E-state index contributed by atoms with van der Waals surface area (Å²) in [5, 5.41) is 8.02. The van der Waals surface area contributed by atoms with Crippen LogP contribution in [0.5, 0.6) is 5.88 Å². The van der Waals surface area contributed by atoms with Crippen molar-refractivity contribution in [3.05, 3.63) is 53.0 Å². The molecule has 12 heteroatoms. The quantitative estimate of drug-likeness (QED) is 0.354. The van der Waals surface area contributed by atoms with E-state index in [0.29, 0.717) is 47.6 Å². The van der Waals surface area contributed by atoms with Crippen LogP contribution in [0.4, 0.5) is 9.18 Å². The number of pyridine rings is 1. The van der Waals surface area contributed by atoms with Crippen LogP contribution in [0.2, 0.25) is 0 Å². The van der Waals surface area contributed by atoms with Crippen LogP contribution in [0.15, 0.2) is 41.5 Å². The van der Waals surface area contributed by atoms with Crippen LogP contribution in [-0.2, 0) is 18.8 Å². The molecule has 11 nitrogen and oxygen atoms in total. The molecule has 4 aromatic heterocycles. The Morgan fingerprint density at radius 3 is 2.67 bits per heavy atom. The number of carbonyl (C=O) groups excluding carboxylic acids is 1. The van der Waals surface area contributed by atoms with Crippen LogP contribution >= 0.6 is 0 Å². The third-order valence-corrected chi connectivity index (χ3v) is 7.54. The number of methoxy groups -OCH3 is 2. The Labute approximate surface area is 222 Å². The van der Waals surface area contributed by atoms with Gasteiger partial charge in [-0.1, -0.05) is 12.1 Å². The summed E-state index contributed by atoms with van der Waals surface area (Å²) in [6.45, 7) is 0. The van der Waals surface area contributed by atoms with Gasteiger partial charge in [0.25, 0.3) is 0 Å². The number of halogens is 1. The Morgan fingerprint density at radius 1 is 1.18 bits per heavy atom. The molecule has 0 bridgehead atoms. The lowest BCUT2D eigenvalue weighted by molar-refractivity contribution is 0.166. The van der Waals surface area contributed by atoms with Crippen molar-refractivity contribution < 1.29 is 18.7 Å². The van der Waals surface area contributed by atoms with Gasteiger partial charge in [0.05, 0.1) is 48.1 Å². The number of imidazole rings is 1. The molecule has 0 radical (unpaired) electrons. The van der Waals surface area contributed by atoms with Gasteiger partial charge in [-0.05, 0) is 37.0 Å². The SMILES string of the molecule is COC(=O)N[C@@H]1CC[C@@H](n2c(=O)n(C)c3cnc4[nH]c(-c5cn(C)nc5OC)c(-c5ccc(F)cc5)c4c32)C1. The molecule has 1 aromatic carbocycles. The van der Waals surface area contributed by atoms with Crippen molar-refractivity contribution in [2.45, 2.75) is 31.3 Å². The fraction of sp³-hybridized carbons (Fsp3) is 0.333. The number of hydrogen-bond donors (Lipinski definition) is 2. The number of carbonyl (C=O) groups is 1. The highest BCUT2D eigenvalue weighted by molar-refractivity contribution is 6.14. The van der Waals surface area contributed by atoms with E-state index in [4.69, 9.17) is 9.47 Å². The highest BCUT2D eigenvalue weighted by Gasteiger charge is 2.32. The Bertz CT molecular complexity index is 1780. The smallest absolute Gasteiger partial charge is 0.407 e. The van der Waals surface area contributed by atoms with Gasteiger partial charge < -0.3 is 19.8 Å². The maximum atomic E-state index is 14.0. The van der Waals surface area contributed by atoms with Gasteiger partial charge in [0.2, 0.25) is 5.88 Å². The third-order valence-electron chi connectivity index (χ3n) is 7.54. The number of rotatable bonds is 5. The highest BCUT2D eigenvalue weighted by Crippen LogP contribution is 2.44. The Hall–Kier alpha value is -4.61. The number of ether oxygens (including phenoxy) is 2. The van der Waals surface area contributed by atoms with E-state index in [1.165, 1.54) is 19.2 Å². The van der Waals surface area contributed by atoms with Crippen molar-refractivity contribution in [1.82, 2.24) is 34.2 Å². The molecule has 2 N–H and O–H groups in total. The van der Waals surface area contributed by atoms with Crippen LogP contribution in [-0.4, -0.2) is 55.2 Å². The third kappa shape index (κ3) is 3.94. The van der Waals surface area contributed by atoms with E-state index in [1.54, 1.807) is 48.8 Å². The molecule has 1 saturated carbocycles. The lowest BCUT2D eigenvalue weighted by Crippen LogP contribution is -2.33. The average Bonchev–Trinajstić information content (AvgIpc) is 3.69. The van der Waals surface area contributed by atoms with Gasteiger partial charge in [0.1, 0.15) is 11.5 Å². The monoisotopic (exact) mass is 533 g/mol. The number of benzene rings is 1. The van der Waals surface area contributed by atoms with Crippen molar-refractivity contribution in [3.8, 4) is 28.3 Å². The van der Waals surface area contributed by atoms with E-state index in [2.05, 4.69) is 20.4 Å². The zero-order valence-corrected chi connectivity index (χ0v) is 22.0. The van der Waals surface area contributed by atoms with Crippen molar-refractivity contribution >= 4 is 28.2 Å². The summed E-state index contributed by atoms with van der Waals surface area (Å²) in [6.07, 6.45) is 5.04. The minimum absolute atomic E-state index is 0.111. The van der Waals surface area contributed by atoms with Crippen molar-refractivity contribution in [1.29, 1.82) is 0 Å². The summed E-state index contributed by atoms with van der Waals surface area (Å²) in [5.41, 5.74) is 4.71. The number of aromatic nitrogens is 6. The molecule has 1 fully saturated rings. The number of hydrogen-bond acceptors (Lipinski definition) is 6. The summed E-state index contributed by atoms with van der Waals surface area (Å²) in [6, 6.07) is 5.97. The first kappa shape index (κ1) is 24.7. The first-order chi connectivity index (χ1) is 18.8. The van der Waals surface area contributed by atoms with Gasteiger partial charge in [-0.3, -0.25) is 13.8 Å². The molecule has 39 heavy (non-hydrogen) atoms. The van der Waals surface area contributed by atoms with E-state index in [1.807, 2.05) is 10.8 Å². The molecule has 202 valence electrons. The average molecular weight is 534 g/mol. The normalized spacial score (nSPS) is 17.3. The fourth-order valence-electron chi connectivity index (χ4n) is 5.76. The van der Waals surface area contributed by atoms with Gasteiger partial charge in [-0.2, -0.15) is 0 Å². The van der Waals surface area contributed by atoms with E-state index in [-0.39, 0.29) is 23.6 Å². The predicted molar refractivity (Wildman–Crippen MR) is 143 cm³/mol. The number of aromatic amines is 1. The maximum absolute atomic E-state index is 14.0. The molecule has 0 spiro atoms. The van der Waals surface area contributed by atoms with Crippen molar-refractivity contribution in [3.63, 3.8) is 0 Å². The minimum Gasteiger partial charge on any atom is -0.479 e. The van der Waals surface area contributed by atoms with Gasteiger partial charge in [0.15, 0.2) is 0 Å². The highest BCUT2D eigenvalue weighted by atomic mass is 19.1. The molecule has 2 atom stereocenters. The predicted octanol–water partition coefficient (Wildman–Crippen LogP) is 3.88. The van der Waals surface area contributed by atoms with Crippen LogP contribution in [0.3, 0.4) is 0 Å². The van der Waals surface area contributed by atoms with E-state index in [9.17, 15) is 14.0 Å². The van der Waals surface area contributed by atoms with Crippen LogP contribution in [0, 0.1) is 5.82 Å².